The molecule has 4 rings (SSSR count). The normalized spacial score (nSPS) is 28.5. The maximum atomic E-state index is 13.3. The van der Waals surface area contributed by atoms with Crippen LogP contribution < -0.4 is 10.6 Å². The van der Waals surface area contributed by atoms with Crippen molar-refractivity contribution in [3.8, 4) is 0 Å². The number of dihydropyridines is 1. The van der Waals surface area contributed by atoms with Gasteiger partial charge in [0, 0.05) is 31.0 Å². The molecule has 1 fully saturated rings. The molecule has 3 atom stereocenters. The predicted molar refractivity (Wildman–Crippen MR) is 136 cm³/mol. The summed E-state index contributed by atoms with van der Waals surface area (Å²) in [5.41, 5.74) is 3.62. The molecule has 0 aromatic carbocycles. The third-order valence-corrected chi connectivity index (χ3v) is 8.01. The number of carboxylic acid groups (broad SMARTS) is 1. The van der Waals surface area contributed by atoms with Gasteiger partial charge >= 0.3 is 5.97 Å². The second-order valence-corrected chi connectivity index (χ2v) is 10.6. The number of nitrogens with zero attached hydrogens (tertiary/aromatic N) is 2. The number of rotatable bonds is 9. The van der Waals surface area contributed by atoms with Crippen LogP contribution in [0.15, 0.2) is 28.8 Å². The number of allylic oxidation sites excluding steroid dienone is 1. The fourth-order valence-electron chi connectivity index (χ4n) is 6.10. The molecule has 3 unspecified atom stereocenters. The number of carbonyl (C=O) groups excluding carboxylic acids is 1. The average Bonchev–Trinajstić information content (AvgIpc) is 2.76. The fourth-order valence-corrected chi connectivity index (χ4v) is 6.10. The Hall–Kier alpha value is -2.74. The van der Waals surface area contributed by atoms with Crippen molar-refractivity contribution < 1.29 is 19.8 Å². The molecule has 8 heteroatoms. The molecule has 1 aromatic heterocycles. The summed E-state index contributed by atoms with van der Waals surface area (Å²) in [6.45, 7) is 6.60. The summed E-state index contributed by atoms with van der Waals surface area (Å²) in [6, 6.07) is 3.25. The summed E-state index contributed by atoms with van der Waals surface area (Å²) >= 11 is 0. The molecular weight excluding hydrogens is 444 g/mol. The molecular formula is C27H38N4O4. The maximum absolute atomic E-state index is 13.3. The number of pyridine rings is 1. The molecule has 35 heavy (non-hydrogen) atoms. The Morgan fingerprint density at radius 1 is 1.29 bits per heavy atom. The molecule has 1 amide bonds. The molecule has 1 saturated carbocycles. The number of hydrogen-bond acceptors (Lipinski definition) is 6. The summed E-state index contributed by atoms with van der Waals surface area (Å²) in [5.74, 6) is -0.133. The van der Waals surface area contributed by atoms with Crippen LogP contribution in [0.5, 0.6) is 0 Å². The summed E-state index contributed by atoms with van der Waals surface area (Å²) in [6.07, 6.45) is 8.13. The zero-order chi connectivity index (χ0) is 25.2. The number of fused-ring (bicyclic) bond motifs is 1. The Morgan fingerprint density at radius 3 is 2.77 bits per heavy atom. The van der Waals surface area contributed by atoms with Gasteiger partial charge in [-0.25, -0.2) is 9.78 Å². The number of aromatic nitrogens is 1. The average molecular weight is 483 g/mol. The van der Waals surface area contributed by atoms with Crippen molar-refractivity contribution >= 4 is 23.4 Å². The Morgan fingerprint density at radius 2 is 2.06 bits per heavy atom. The molecule has 3 heterocycles. The molecule has 1 aliphatic carbocycles. The van der Waals surface area contributed by atoms with Crippen molar-refractivity contribution in [1.29, 1.82) is 0 Å². The van der Waals surface area contributed by atoms with Crippen molar-refractivity contribution in [2.45, 2.75) is 77.3 Å². The van der Waals surface area contributed by atoms with Crippen molar-refractivity contribution in [3.63, 3.8) is 0 Å². The Balaban J connectivity index is 1.39. The van der Waals surface area contributed by atoms with Gasteiger partial charge in [0.25, 0.3) is 0 Å². The van der Waals surface area contributed by atoms with Crippen LogP contribution in [0.25, 0.3) is 0 Å². The van der Waals surface area contributed by atoms with E-state index in [0.717, 1.165) is 67.9 Å². The van der Waals surface area contributed by atoms with Crippen molar-refractivity contribution in [2.75, 3.05) is 18.5 Å². The second-order valence-electron chi connectivity index (χ2n) is 10.6. The molecule has 4 N–H and O–H groups in total. The summed E-state index contributed by atoms with van der Waals surface area (Å²) < 4.78 is 0. The van der Waals surface area contributed by atoms with E-state index in [0.29, 0.717) is 5.92 Å². The molecule has 0 spiro atoms. The molecule has 0 bridgehead atoms. The number of anilines is 1. The quantitative estimate of drug-likeness (QED) is 0.429. The van der Waals surface area contributed by atoms with Gasteiger partial charge in [0.05, 0.1) is 11.5 Å². The molecule has 3 aliphatic rings. The number of carboxylic acids is 1. The molecule has 0 saturated heterocycles. The maximum Gasteiger partial charge on any atom is 0.326 e. The van der Waals surface area contributed by atoms with E-state index in [1.807, 2.05) is 26.8 Å². The van der Waals surface area contributed by atoms with Crippen molar-refractivity contribution in [2.24, 2.45) is 22.7 Å². The lowest BCUT2D eigenvalue weighted by Gasteiger charge is -2.50. The number of aliphatic imine (C=N–C) groups is 1. The van der Waals surface area contributed by atoms with E-state index in [2.05, 4.69) is 22.8 Å². The highest BCUT2D eigenvalue weighted by atomic mass is 16.4. The highest BCUT2D eigenvalue weighted by molar-refractivity contribution is 5.98. The van der Waals surface area contributed by atoms with Gasteiger partial charge in [-0.3, -0.25) is 9.79 Å². The number of aliphatic carboxylic acids is 1. The van der Waals surface area contributed by atoms with E-state index in [9.17, 15) is 19.8 Å². The lowest BCUT2D eigenvalue weighted by atomic mass is 9.58. The third-order valence-electron chi connectivity index (χ3n) is 8.01. The summed E-state index contributed by atoms with van der Waals surface area (Å²) in [4.78, 5) is 34.6. The second kappa shape index (κ2) is 10.5. The number of carbonyl (C=O) groups is 2. The van der Waals surface area contributed by atoms with Gasteiger partial charge in [-0.15, -0.1) is 0 Å². The first-order chi connectivity index (χ1) is 16.7. The van der Waals surface area contributed by atoms with Crippen LogP contribution in [-0.4, -0.2) is 57.5 Å². The SMILES string of the molecule is CC1=CC(C)=NC(C)(C2CC(CCc3ccc4c(n3)NCCC4)C2)C1C(=O)NC(CCO)C(=O)O. The van der Waals surface area contributed by atoms with E-state index in [1.165, 1.54) is 5.56 Å². The highest BCUT2D eigenvalue weighted by Gasteiger charge is 2.51. The third kappa shape index (κ3) is 5.42. The minimum atomic E-state index is -1.14. The van der Waals surface area contributed by atoms with Crippen LogP contribution in [0.4, 0.5) is 5.82 Å². The Labute approximate surface area is 207 Å². The number of aryl methyl sites for hydroxylation is 2. The van der Waals surface area contributed by atoms with Gasteiger partial charge < -0.3 is 20.8 Å². The van der Waals surface area contributed by atoms with Crippen molar-refractivity contribution in [3.05, 3.63) is 35.0 Å². The summed E-state index contributed by atoms with van der Waals surface area (Å²) in [5, 5.41) is 24.7. The van der Waals surface area contributed by atoms with E-state index in [1.54, 1.807) is 0 Å². The van der Waals surface area contributed by atoms with E-state index in [-0.39, 0.29) is 24.9 Å². The molecule has 8 nitrogen and oxygen atoms in total. The Kier molecular flexibility index (Phi) is 7.59. The van der Waals surface area contributed by atoms with Gasteiger partial charge in [0.1, 0.15) is 11.9 Å². The van der Waals surface area contributed by atoms with Crippen LogP contribution in [0.1, 0.15) is 64.1 Å². The van der Waals surface area contributed by atoms with Gasteiger partial charge in [-0.05, 0) is 88.8 Å². The van der Waals surface area contributed by atoms with Crippen LogP contribution in [0, 0.1) is 17.8 Å². The van der Waals surface area contributed by atoms with Crippen LogP contribution in [0.2, 0.25) is 0 Å². The first-order valence-corrected chi connectivity index (χ1v) is 12.8. The highest BCUT2D eigenvalue weighted by Crippen LogP contribution is 2.50. The summed E-state index contributed by atoms with van der Waals surface area (Å²) in [7, 11) is 0. The number of amides is 1. The lowest BCUT2D eigenvalue weighted by molar-refractivity contribution is -0.143. The van der Waals surface area contributed by atoms with Gasteiger partial charge in [0.2, 0.25) is 5.91 Å². The zero-order valence-electron chi connectivity index (χ0n) is 21.0. The van der Waals surface area contributed by atoms with Crippen LogP contribution in [-0.2, 0) is 22.4 Å². The molecule has 2 aliphatic heterocycles. The smallest absolute Gasteiger partial charge is 0.326 e. The standard InChI is InChI=1S/C27H38N4O4/c1-16-13-17(2)31-27(3,23(16)25(33)30-22(10-12-32)26(34)35)20-14-18(15-20)6-8-21-9-7-19-5-4-11-28-24(19)29-21/h7,9,13,18,20,22-23,32H,4-6,8,10-12,14-15H2,1-3H3,(H,28,29)(H,30,33)(H,34,35). The fraction of sp³-hybridized carbons (Fsp3) is 0.630. The zero-order valence-corrected chi connectivity index (χ0v) is 21.0. The number of nitrogens with one attached hydrogen (secondary N) is 2. The minimum absolute atomic E-state index is 0.0205. The van der Waals surface area contributed by atoms with Gasteiger partial charge in [-0.2, -0.15) is 0 Å². The first kappa shape index (κ1) is 25.4. The van der Waals surface area contributed by atoms with E-state index in [4.69, 9.17) is 9.98 Å². The molecule has 190 valence electrons. The largest absolute Gasteiger partial charge is 0.480 e. The Bertz CT molecular complexity index is 1030. The number of hydrogen-bond donors (Lipinski definition) is 4. The number of aliphatic hydroxyl groups excluding tert-OH is 1. The van der Waals surface area contributed by atoms with Crippen LogP contribution in [0.3, 0.4) is 0 Å². The molecule has 1 aromatic rings. The first-order valence-electron chi connectivity index (χ1n) is 12.8. The topological polar surface area (TPSA) is 124 Å². The predicted octanol–water partition coefficient (Wildman–Crippen LogP) is 3.15. The lowest BCUT2D eigenvalue weighted by Crippen LogP contribution is -2.56. The number of aliphatic hydroxyl groups is 1. The van der Waals surface area contributed by atoms with E-state index < -0.39 is 23.5 Å². The van der Waals surface area contributed by atoms with E-state index >= 15 is 0 Å². The van der Waals surface area contributed by atoms with Gasteiger partial charge in [-0.1, -0.05) is 11.6 Å². The van der Waals surface area contributed by atoms with Crippen molar-refractivity contribution in [1.82, 2.24) is 10.3 Å². The molecule has 0 radical (unpaired) electrons. The monoisotopic (exact) mass is 482 g/mol. The van der Waals surface area contributed by atoms with Crippen LogP contribution >= 0.6 is 0 Å². The van der Waals surface area contributed by atoms with Gasteiger partial charge in [0.15, 0.2) is 0 Å². The minimum Gasteiger partial charge on any atom is -0.480 e.